The van der Waals surface area contributed by atoms with Crippen molar-refractivity contribution in [2.75, 3.05) is 18.2 Å². The second-order valence-electron chi connectivity index (χ2n) is 6.15. The zero-order valence-corrected chi connectivity index (χ0v) is 17.1. The number of thioether (sulfide) groups is 1. The van der Waals surface area contributed by atoms with Gasteiger partial charge in [-0.1, -0.05) is 54.2 Å². The Morgan fingerprint density at radius 3 is 2.52 bits per heavy atom. The monoisotopic (exact) mass is 410 g/mol. The molecule has 0 atom stereocenters. The summed E-state index contributed by atoms with van der Waals surface area (Å²) in [6.45, 7) is 2.56. The van der Waals surface area contributed by atoms with Crippen molar-refractivity contribution in [3.63, 3.8) is 0 Å². The molecular formula is C21H22N4O3S. The molecular weight excluding hydrogens is 388 g/mol. The van der Waals surface area contributed by atoms with Crippen LogP contribution in [0.25, 0.3) is 0 Å². The summed E-state index contributed by atoms with van der Waals surface area (Å²) < 4.78 is 7.11. The average molecular weight is 410 g/mol. The minimum atomic E-state index is -0.214. The average Bonchev–Trinajstić information content (AvgIpc) is 3.14. The SMILES string of the molecule is CCn1c(CC(=O)Nc2ccccc2OC)nnc1SCC(=O)c1ccccc1. The summed E-state index contributed by atoms with van der Waals surface area (Å²) in [4.78, 5) is 24.8. The number of methoxy groups -OCH3 is 1. The number of hydrogen-bond donors (Lipinski definition) is 1. The number of carbonyl (C=O) groups is 2. The van der Waals surface area contributed by atoms with Gasteiger partial charge in [0.05, 0.1) is 25.0 Å². The number of rotatable bonds is 9. The Hall–Kier alpha value is -3.13. The number of aromatic nitrogens is 3. The van der Waals surface area contributed by atoms with Crippen LogP contribution in [0, 0.1) is 0 Å². The van der Waals surface area contributed by atoms with Gasteiger partial charge in [0.2, 0.25) is 5.91 Å². The lowest BCUT2D eigenvalue weighted by atomic mass is 10.2. The first-order valence-corrected chi connectivity index (χ1v) is 10.2. The third-order valence-corrected chi connectivity index (χ3v) is 5.20. The number of anilines is 1. The Morgan fingerprint density at radius 1 is 1.07 bits per heavy atom. The predicted molar refractivity (Wildman–Crippen MR) is 113 cm³/mol. The van der Waals surface area contributed by atoms with Crippen LogP contribution >= 0.6 is 11.8 Å². The van der Waals surface area contributed by atoms with Crippen molar-refractivity contribution in [1.82, 2.24) is 14.8 Å². The maximum Gasteiger partial charge on any atom is 0.232 e. The van der Waals surface area contributed by atoms with E-state index in [9.17, 15) is 9.59 Å². The maximum atomic E-state index is 12.5. The summed E-state index contributed by atoms with van der Waals surface area (Å²) in [5.74, 6) is 1.21. The fourth-order valence-electron chi connectivity index (χ4n) is 2.80. The molecule has 1 amide bonds. The molecule has 2 aromatic carbocycles. The van der Waals surface area contributed by atoms with Crippen molar-refractivity contribution in [2.45, 2.75) is 25.0 Å². The van der Waals surface area contributed by atoms with E-state index in [0.29, 0.717) is 34.5 Å². The number of ketones is 1. The molecule has 8 heteroatoms. The molecule has 150 valence electrons. The van der Waals surface area contributed by atoms with E-state index in [1.165, 1.54) is 11.8 Å². The van der Waals surface area contributed by atoms with E-state index in [1.54, 1.807) is 31.4 Å². The van der Waals surface area contributed by atoms with E-state index in [1.807, 2.05) is 41.8 Å². The summed E-state index contributed by atoms with van der Waals surface area (Å²) in [5, 5.41) is 11.8. The van der Waals surface area contributed by atoms with Crippen LogP contribution in [-0.4, -0.2) is 39.3 Å². The van der Waals surface area contributed by atoms with Crippen molar-refractivity contribution >= 4 is 29.1 Å². The predicted octanol–water partition coefficient (Wildman–Crippen LogP) is 3.46. The van der Waals surface area contributed by atoms with Gasteiger partial charge in [0.25, 0.3) is 0 Å². The Labute approximate surface area is 173 Å². The van der Waals surface area contributed by atoms with Crippen LogP contribution < -0.4 is 10.1 Å². The third kappa shape index (κ3) is 5.23. The lowest BCUT2D eigenvalue weighted by Crippen LogP contribution is -2.18. The van der Waals surface area contributed by atoms with Crippen LogP contribution in [0.3, 0.4) is 0 Å². The molecule has 0 spiro atoms. The number of carbonyl (C=O) groups excluding carboxylic acids is 2. The number of benzene rings is 2. The molecule has 7 nitrogen and oxygen atoms in total. The molecule has 3 rings (SSSR count). The molecule has 29 heavy (non-hydrogen) atoms. The number of ether oxygens (including phenoxy) is 1. The van der Waals surface area contributed by atoms with E-state index in [-0.39, 0.29) is 23.9 Å². The minimum Gasteiger partial charge on any atom is -0.495 e. The number of para-hydroxylation sites is 2. The number of hydrogen-bond acceptors (Lipinski definition) is 6. The van der Waals surface area contributed by atoms with Gasteiger partial charge in [-0.05, 0) is 19.1 Å². The molecule has 0 bridgehead atoms. The number of Topliss-reactive ketones (excluding diaryl/α,β-unsaturated/α-hetero) is 1. The second-order valence-corrected chi connectivity index (χ2v) is 7.09. The van der Waals surface area contributed by atoms with Gasteiger partial charge in [0.1, 0.15) is 11.6 Å². The van der Waals surface area contributed by atoms with Crippen molar-refractivity contribution < 1.29 is 14.3 Å². The van der Waals surface area contributed by atoms with Crippen molar-refractivity contribution in [1.29, 1.82) is 0 Å². The molecule has 0 saturated carbocycles. The molecule has 0 fully saturated rings. The zero-order chi connectivity index (χ0) is 20.6. The highest BCUT2D eigenvalue weighted by Gasteiger charge is 2.17. The molecule has 0 aliphatic rings. The zero-order valence-electron chi connectivity index (χ0n) is 16.3. The highest BCUT2D eigenvalue weighted by molar-refractivity contribution is 7.99. The highest BCUT2D eigenvalue weighted by Crippen LogP contribution is 2.23. The van der Waals surface area contributed by atoms with Crippen molar-refractivity contribution in [3.8, 4) is 5.75 Å². The number of nitrogens with zero attached hydrogens (tertiary/aromatic N) is 3. The van der Waals surface area contributed by atoms with E-state index < -0.39 is 0 Å². The van der Waals surface area contributed by atoms with Gasteiger partial charge in [-0.25, -0.2) is 0 Å². The summed E-state index contributed by atoms with van der Waals surface area (Å²) in [5.41, 5.74) is 1.27. The van der Waals surface area contributed by atoms with Gasteiger partial charge in [-0.3, -0.25) is 9.59 Å². The Bertz CT molecular complexity index is 989. The van der Waals surface area contributed by atoms with E-state index in [2.05, 4.69) is 15.5 Å². The van der Waals surface area contributed by atoms with Crippen LogP contribution in [0.15, 0.2) is 59.8 Å². The Morgan fingerprint density at radius 2 is 1.79 bits per heavy atom. The molecule has 0 radical (unpaired) electrons. The molecule has 1 N–H and O–H groups in total. The summed E-state index contributed by atoms with van der Waals surface area (Å²) in [6, 6.07) is 16.4. The third-order valence-electron chi connectivity index (χ3n) is 4.24. The molecule has 0 aliphatic carbocycles. The molecule has 0 unspecified atom stereocenters. The van der Waals surface area contributed by atoms with Crippen LogP contribution in [0.1, 0.15) is 23.1 Å². The summed E-state index contributed by atoms with van der Waals surface area (Å²) >= 11 is 1.32. The van der Waals surface area contributed by atoms with Crippen LogP contribution in [0.2, 0.25) is 0 Å². The molecule has 1 aromatic heterocycles. The fraction of sp³-hybridized carbons (Fsp3) is 0.238. The molecule has 0 saturated heterocycles. The number of nitrogens with one attached hydrogen (secondary N) is 1. The number of amides is 1. The largest absolute Gasteiger partial charge is 0.495 e. The Balaban J connectivity index is 1.64. The molecule has 1 heterocycles. The maximum absolute atomic E-state index is 12.5. The van der Waals surface area contributed by atoms with E-state index >= 15 is 0 Å². The van der Waals surface area contributed by atoms with Gasteiger partial charge in [-0.2, -0.15) is 0 Å². The summed E-state index contributed by atoms with van der Waals surface area (Å²) in [7, 11) is 1.55. The normalized spacial score (nSPS) is 10.6. The first kappa shape index (κ1) is 20.6. The highest BCUT2D eigenvalue weighted by atomic mass is 32.2. The Kier molecular flexibility index (Phi) is 7.02. The van der Waals surface area contributed by atoms with Gasteiger partial charge in [-0.15, -0.1) is 10.2 Å². The quantitative estimate of drug-likeness (QED) is 0.429. The van der Waals surface area contributed by atoms with E-state index in [0.717, 1.165) is 0 Å². The van der Waals surface area contributed by atoms with Crippen molar-refractivity contribution in [2.24, 2.45) is 0 Å². The van der Waals surface area contributed by atoms with Crippen molar-refractivity contribution in [3.05, 3.63) is 66.0 Å². The summed E-state index contributed by atoms with van der Waals surface area (Å²) in [6.07, 6.45) is 0.0755. The first-order valence-electron chi connectivity index (χ1n) is 9.18. The van der Waals surface area contributed by atoms with Gasteiger partial charge >= 0.3 is 0 Å². The van der Waals surface area contributed by atoms with Gasteiger partial charge < -0.3 is 14.6 Å². The fourth-order valence-corrected chi connectivity index (χ4v) is 3.71. The first-order chi connectivity index (χ1) is 14.1. The van der Waals surface area contributed by atoms with Crippen LogP contribution in [-0.2, 0) is 17.8 Å². The second kappa shape index (κ2) is 9.88. The lowest BCUT2D eigenvalue weighted by molar-refractivity contribution is -0.115. The lowest BCUT2D eigenvalue weighted by Gasteiger charge is -2.10. The topological polar surface area (TPSA) is 86.1 Å². The van der Waals surface area contributed by atoms with Gasteiger partial charge in [0, 0.05) is 12.1 Å². The smallest absolute Gasteiger partial charge is 0.232 e. The van der Waals surface area contributed by atoms with E-state index in [4.69, 9.17) is 4.74 Å². The van der Waals surface area contributed by atoms with Gasteiger partial charge in [0.15, 0.2) is 10.9 Å². The molecule has 0 aliphatic heterocycles. The minimum absolute atomic E-state index is 0.0247. The standard InChI is InChI=1S/C21H22N4O3S/c1-3-25-19(13-20(27)22-16-11-7-8-12-18(16)28-2)23-24-21(25)29-14-17(26)15-9-5-4-6-10-15/h4-12H,3,13-14H2,1-2H3,(H,22,27). The van der Waals surface area contributed by atoms with Crippen LogP contribution in [0.5, 0.6) is 5.75 Å². The molecule has 3 aromatic rings. The van der Waals surface area contributed by atoms with Crippen LogP contribution in [0.4, 0.5) is 5.69 Å².